The first-order chi connectivity index (χ1) is 8.69. The van der Waals surface area contributed by atoms with E-state index < -0.39 is 0 Å². The number of methoxy groups -OCH3 is 1. The molecule has 0 spiro atoms. The zero-order chi connectivity index (χ0) is 13.0. The summed E-state index contributed by atoms with van der Waals surface area (Å²) in [5.74, 6) is 0.696. The lowest BCUT2D eigenvalue weighted by Crippen LogP contribution is -2.05. The molecule has 2 rings (SSSR count). The first kappa shape index (κ1) is 12.3. The molecule has 96 valence electrons. The van der Waals surface area contributed by atoms with Crippen LogP contribution in [0.2, 0.25) is 0 Å². The number of hydrogen-bond donors (Lipinski definition) is 2. The van der Waals surface area contributed by atoms with Crippen LogP contribution in [0, 0.1) is 0 Å². The fourth-order valence-electron chi connectivity index (χ4n) is 1.77. The molecular formula is C13H18N4O. The summed E-state index contributed by atoms with van der Waals surface area (Å²) in [6, 6.07) is 5.69. The second-order valence-corrected chi connectivity index (χ2v) is 4.16. The average Bonchev–Trinajstić information content (AvgIpc) is 2.77. The minimum absolute atomic E-state index is 0.648. The number of benzene rings is 1. The molecule has 2 aromatic rings. The number of ether oxygens (including phenoxy) is 1. The lowest BCUT2D eigenvalue weighted by atomic mass is 10.2. The van der Waals surface area contributed by atoms with Crippen LogP contribution < -0.4 is 15.8 Å². The highest BCUT2D eigenvalue weighted by Gasteiger charge is 2.01. The summed E-state index contributed by atoms with van der Waals surface area (Å²) in [6.45, 7) is 0.846. The summed E-state index contributed by atoms with van der Waals surface area (Å²) >= 11 is 0. The number of aromatic nitrogens is 2. The summed E-state index contributed by atoms with van der Waals surface area (Å²) in [6.07, 6.45) is 4.83. The van der Waals surface area contributed by atoms with E-state index in [2.05, 4.69) is 10.4 Å². The molecule has 5 nitrogen and oxygen atoms in total. The van der Waals surface area contributed by atoms with Crippen LogP contribution in [0.4, 0.5) is 11.4 Å². The van der Waals surface area contributed by atoms with Gasteiger partial charge >= 0.3 is 0 Å². The second-order valence-electron chi connectivity index (χ2n) is 4.16. The van der Waals surface area contributed by atoms with Gasteiger partial charge in [0.1, 0.15) is 5.75 Å². The number of rotatable bonds is 5. The number of nitrogens with two attached hydrogens (primary N) is 1. The lowest BCUT2D eigenvalue weighted by molar-refractivity contribution is 0.417. The maximum atomic E-state index is 5.76. The highest BCUT2D eigenvalue weighted by Crippen LogP contribution is 2.24. The molecule has 0 bridgehead atoms. The molecule has 0 aliphatic carbocycles. The molecule has 0 aliphatic heterocycles. The van der Waals surface area contributed by atoms with Crippen LogP contribution in [0.5, 0.6) is 5.75 Å². The van der Waals surface area contributed by atoms with Crippen molar-refractivity contribution in [3.8, 4) is 5.75 Å². The van der Waals surface area contributed by atoms with Gasteiger partial charge < -0.3 is 15.8 Å². The van der Waals surface area contributed by atoms with E-state index in [1.54, 1.807) is 7.11 Å². The van der Waals surface area contributed by atoms with E-state index in [0.29, 0.717) is 11.4 Å². The Labute approximate surface area is 107 Å². The van der Waals surface area contributed by atoms with Gasteiger partial charge in [-0.2, -0.15) is 5.10 Å². The van der Waals surface area contributed by atoms with Gasteiger partial charge in [0, 0.05) is 31.5 Å². The van der Waals surface area contributed by atoms with Crippen LogP contribution in [-0.2, 0) is 13.5 Å². The van der Waals surface area contributed by atoms with Crippen molar-refractivity contribution in [1.29, 1.82) is 0 Å². The third-order valence-electron chi connectivity index (χ3n) is 2.73. The zero-order valence-electron chi connectivity index (χ0n) is 10.7. The van der Waals surface area contributed by atoms with E-state index >= 15 is 0 Å². The summed E-state index contributed by atoms with van der Waals surface area (Å²) in [5.41, 5.74) is 8.63. The SMILES string of the molecule is COc1cc(NCCc2cnn(C)c2)ccc1N. The average molecular weight is 246 g/mol. The Hall–Kier alpha value is -2.17. The molecule has 1 aromatic heterocycles. The van der Waals surface area contributed by atoms with Crippen molar-refractivity contribution in [1.82, 2.24) is 9.78 Å². The van der Waals surface area contributed by atoms with Crippen LogP contribution in [0.1, 0.15) is 5.56 Å². The monoisotopic (exact) mass is 246 g/mol. The van der Waals surface area contributed by atoms with Crippen LogP contribution in [-0.4, -0.2) is 23.4 Å². The van der Waals surface area contributed by atoms with Gasteiger partial charge in [0.25, 0.3) is 0 Å². The largest absolute Gasteiger partial charge is 0.495 e. The van der Waals surface area contributed by atoms with Crippen molar-refractivity contribution in [2.75, 3.05) is 24.7 Å². The van der Waals surface area contributed by atoms with Gasteiger partial charge in [-0.25, -0.2) is 0 Å². The van der Waals surface area contributed by atoms with E-state index in [-0.39, 0.29) is 0 Å². The van der Waals surface area contributed by atoms with E-state index in [0.717, 1.165) is 18.7 Å². The maximum Gasteiger partial charge on any atom is 0.143 e. The quantitative estimate of drug-likeness (QED) is 0.788. The van der Waals surface area contributed by atoms with Gasteiger partial charge in [-0.1, -0.05) is 0 Å². The molecule has 18 heavy (non-hydrogen) atoms. The standard InChI is InChI=1S/C13H18N4O/c1-17-9-10(8-16-17)5-6-15-11-3-4-12(14)13(7-11)18-2/h3-4,7-9,15H,5-6,14H2,1-2H3. The summed E-state index contributed by atoms with van der Waals surface area (Å²) in [4.78, 5) is 0. The second kappa shape index (κ2) is 5.44. The molecule has 1 heterocycles. The number of nitrogen functional groups attached to an aromatic ring is 1. The Kier molecular flexibility index (Phi) is 3.72. The number of nitrogens with zero attached hydrogens (tertiary/aromatic N) is 2. The van der Waals surface area contributed by atoms with Gasteiger partial charge in [0.15, 0.2) is 0 Å². The van der Waals surface area contributed by atoms with Gasteiger partial charge in [0.2, 0.25) is 0 Å². The van der Waals surface area contributed by atoms with Crippen molar-refractivity contribution in [3.63, 3.8) is 0 Å². The highest BCUT2D eigenvalue weighted by molar-refractivity contribution is 5.61. The first-order valence-corrected chi connectivity index (χ1v) is 5.84. The normalized spacial score (nSPS) is 10.3. The molecule has 0 unspecified atom stereocenters. The molecule has 0 aliphatic rings. The Morgan fingerprint density at radius 2 is 2.28 bits per heavy atom. The summed E-state index contributed by atoms with van der Waals surface area (Å²) in [5, 5.41) is 7.47. The number of anilines is 2. The lowest BCUT2D eigenvalue weighted by Gasteiger charge is -2.09. The molecule has 0 fully saturated rings. The van der Waals surface area contributed by atoms with Crippen molar-refractivity contribution in [3.05, 3.63) is 36.2 Å². The van der Waals surface area contributed by atoms with Gasteiger partial charge in [-0.15, -0.1) is 0 Å². The molecule has 1 aromatic carbocycles. The molecule has 0 radical (unpaired) electrons. The highest BCUT2D eigenvalue weighted by atomic mass is 16.5. The van der Waals surface area contributed by atoms with Gasteiger partial charge in [-0.05, 0) is 24.1 Å². The molecular weight excluding hydrogens is 228 g/mol. The van der Waals surface area contributed by atoms with Crippen LogP contribution >= 0.6 is 0 Å². The fraction of sp³-hybridized carbons (Fsp3) is 0.308. The Bertz CT molecular complexity index is 521. The third kappa shape index (κ3) is 2.94. The number of nitrogens with one attached hydrogen (secondary N) is 1. The predicted molar refractivity (Wildman–Crippen MR) is 72.8 cm³/mol. The van der Waals surface area contributed by atoms with Crippen LogP contribution in [0.15, 0.2) is 30.6 Å². The molecule has 0 saturated heterocycles. The van der Waals surface area contributed by atoms with E-state index in [1.165, 1.54) is 5.56 Å². The summed E-state index contributed by atoms with van der Waals surface area (Å²) in [7, 11) is 3.53. The third-order valence-corrected chi connectivity index (χ3v) is 2.73. The van der Waals surface area contributed by atoms with Crippen molar-refractivity contribution < 1.29 is 4.74 Å². The topological polar surface area (TPSA) is 65.1 Å². The van der Waals surface area contributed by atoms with Gasteiger partial charge in [-0.3, -0.25) is 4.68 Å². The molecule has 0 saturated carbocycles. The number of hydrogen-bond acceptors (Lipinski definition) is 4. The van der Waals surface area contributed by atoms with Gasteiger partial charge in [0.05, 0.1) is 19.0 Å². The summed E-state index contributed by atoms with van der Waals surface area (Å²) < 4.78 is 6.98. The van der Waals surface area contributed by atoms with E-state index in [9.17, 15) is 0 Å². The Balaban J connectivity index is 1.90. The first-order valence-electron chi connectivity index (χ1n) is 5.84. The van der Waals surface area contributed by atoms with E-state index in [1.807, 2.05) is 42.3 Å². The molecule has 3 N–H and O–H groups in total. The van der Waals surface area contributed by atoms with Crippen LogP contribution in [0.25, 0.3) is 0 Å². The minimum Gasteiger partial charge on any atom is -0.495 e. The molecule has 5 heteroatoms. The maximum absolute atomic E-state index is 5.76. The number of aryl methyl sites for hydroxylation is 1. The van der Waals surface area contributed by atoms with E-state index in [4.69, 9.17) is 10.5 Å². The van der Waals surface area contributed by atoms with Crippen molar-refractivity contribution >= 4 is 11.4 Å². The van der Waals surface area contributed by atoms with Crippen molar-refractivity contribution in [2.45, 2.75) is 6.42 Å². The zero-order valence-corrected chi connectivity index (χ0v) is 10.7. The Morgan fingerprint density at radius 3 is 2.94 bits per heavy atom. The smallest absolute Gasteiger partial charge is 0.143 e. The van der Waals surface area contributed by atoms with Crippen LogP contribution in [0.3, 0.4) is 0 Å². The Morgan fingerprint density at radius 1 is 1.44 bits per heavy atom. The molecule has 0 amide bonds. The minimum atomic E-state index is 0.648. The molecule has 0 atom stereocenters. The predicted octanol–water partition coefficient (Wildman–Crippen LogP) is 1.67. The van der Waals surface area contributed by atoms with Crippen molar-refractivity contribution in [2.24, 2.45) is 7.05 Å². The fourth-order valence-corrected chi connectivity index (χ4v) is 1.77.